The smallest absolute Gasteiger partial charge is 0.191 e. The molecule has 1 aliphatic rings. The van der Waals surface area contributed by atoms with Gasteiger partial charge in [-0.25, -0.2) is 4.98 Å². The Balaban J connectivity index is 1.41. The van der Waals surface area contributed by atoms with Crippen LogP contribution in [0.3, 0.4) is 0 Å². The normalized spacial score (nSPS) is 16.4. The summed E-state index contributed by atoms with van der Waals surface area (Å²) < 4.78 is 8.08. The molecule has 4 aromatic rings. The van der Waals surface area contributed by atoms with E-state index in [4.69, 9.17) is 16.3 Å². The van der Waals surface area contributed by atoms with Gasteiger partial charge in [0.25, 0.3) is 0 Å². The molecule has 3 aromatic heterocycles. The number of halogens is 1. The topological polar surface area (TPSA) is 52.8 Å². The van der Waals surface area contributed by atoms with Crippen molar-refractivity contribution >= 4 is 57.4 Å². The Morgan fingerprint density at radius 3 is 2.97 bits per heavy atom. The molecule has 160 valence electrons. The van der Waals surface area contributed by atoms with Crippen LogP contribution in [-0.4, -0.2) is 38.7 Å². The first-order chi connectivity index (χ1) is 15.2. The maximum Gasteiger partial charge on any atom is 0.191 e. The Morgan fingerprint density at radius 2 is 2.19 bits per heavy atom. The zero-order chi connectivity index (χ0) is 21.2. The van der Waals surface area contributed by atoms with Gasteiger partial charge in [-0.1, -0.05) is 35.5 Å². The van der Waals surface area contributed by atoms with Crippen LogP contribution in [0, 0.1) is 0 Å². The number of pyridine rings is 1. The van der Waals surface area contributed by atoms with Gasteiger partial charge in [0, 0.05) is 28.2 Å². The van der Waals surface area contributed by atoms with Gasteiger partial charge in [0.2, 0.25) is 0 Å². The first-order valence-corrected chi connectivity index (χ1v) is 13.5. The fourth-order valence-electron chi connectivity index (χ4n) is 3.68. The molecular formula is C22H21ClN4OS3. The summed E-state index contributed by atoms with van der Waals surface area (Å²) in [6.45, 7) is 1.60. The number of benzene rings is 1. The van der Waals surface area contributed by atoms with E-state index in [-0.39, 0.29) is 6.10 Å². The van der Waals surface area contributed by atoms with E-state index in [2.05, 4.69) is 61.7 Å². The first kappa shape index (κ1) is 21.3. The molecule has 9 heteroatoms. The summed E-state index contributed by atoms with van der Waals surface area (Å²) in [7, 11) is 0. The van der Waals surface area contributed by atoms with E-state index in [1.165, 1.54) is 4.90 Å². The largest absolute Gasteiger partial charge is 0.376 e. The van der Waals surface area contributed by atoms with Crippen molar-refractivity contribution in [2.45, 2.75) is 41.3 Å². The number of nitrogens with zero attached hydrogens (tertiary/aromatic N) is 4. The quantitative estimate of drug-likeness (QED) is 0.221. The van der Waals surface area contributed by atoms with Gasteiger partial charge in [-0.15, -0.1) is 33.3 Å². The minimum absolute atomic E-state index is 0.214. The summed E-state index contributed by atoms with van der Waals surface area (Å²) in [6, 6.07) is 12.6. The highest BCUT2D eigenvalue weighted by atomic mass is 35.5. The second-order valence-electron chi connectivity index (χ2n) is 7.31. The van der Waals surface area contributed by atoms with E-state index in [9.17, 15) is 0 Å². The maximum absolute atomic E-state index is 6.54. The van der Waals surface area contributed by atoms with Gasteiger partial charge in [0.1, 0.15) is 5.15 Å². The molecule has 1 unspecified atom stereocenters. The van der Waals surface area contributed by atoms with Crippen LogP contribution in [-0.2, 0) is 17.0 Å². The van der Waals surface area contributed by atoms with Crippen LogP contribution < -0.4 is 0 Å². The lowest BCUT2D eigenvalue weighted by Crippen LogP contribution is -2.16. The van der Waals surface area contributed by atoms with Gasteiger partial charge in [0.15, 0.2) is 11.0 Å². The molecule has 31 heavy (non-hydrogen) atoms. The van der Waals surface area contributed by atoms with Crippen molar-refractivity contribution in [3.05, 3.63) is 52.5 Å². The van der Waals surface area contributed by atoms with Crippen LogP contribution in [0.2, 0.25) is 5.15 Å². The first-order valence-electron chi connectivity index (χ1n) is 10.1. The summed E-state index contributed by atoms with van der Waals surface area (Å²) in [6.07, 6.45) is 4.46. The van der Waals surface area contributed by atoms with E-state index >= 15 is 0 Å². The Bertz CT molecular complexity index is 1190. The van der Waals surface area contributed by atoms with Gasteiger partial charge in [-0.05, 0) is 48.7 Å². The van der Waals surface area contributed by atoms with Crippen molar-refractivity contribution in [3.8, 4) is 10.7 Å². The van der Waals surface area contributed by atoms with Gasteiger partial charge >= 0.3 is 0 Å². The zero-order valence-corrected chi connectivity index (χ0v) is 20.2. The molecule has 0 aliphatic carbocycles. The van der Waals surface area contributed by atoms with E-state index in [1.807, 2.05) is 6.07 Å². The number of ether oxygens (including phenoxy) is 1. The van der Waals surface area contributed by atoms with Crippen molar-refractivity contribution in [1.82, 2.24) is 19.7 Å². The molecule has 0 amide bonds. The molecule has 0 bridgehead atoms. The third kappa shape index (κ3) is 4.64. The van der Waals surface area contributed by atoms with Crippen LogP contribution in [0.4, 0.5) is 0 Å². The summed E-state index contributed by atoms with van der Waals surface area (Å²) in [5.41, 5.74) is 1.92. The molecule has 4 heterocycles. The van der Waals surface area contributed by atoms with Gasteiger partial charge in [-0.3, -0.25) is 4.57 Å². The molecule has 5 rings (SSSR count). The second-order valence-corrected chi connectivity index (χ2v) is 10.4. The van der Waals surface area contributed by atoms with Crippen molar-refractivity contribution in [1.29, 1.82) is 0 Å². The van der Waals surface area contributed by atoms with Crippen LogP contribution >= 0.6 is 46.5 Å². The summed E-state index contributed by atoms with van der Waals surface area (Å²) >= 11 is 11.6. The number of rotatable bonds is 7. The van der Waals surface area contributed by atoms with Crippen LogP contribution in [0.25, 0.3) is 21.6 Å². The molecule has 1 fully saturated rings. The van der Waals surface area contributed by atoms with Gasteiger partial charge in [0.05, 0.1) is 23.0 Å². The molecule has 1 aromatic carbocycles. The molecular weight excluding hydrogens is 468 g/mol. The second kappa shape index (κ2) is 9.50. The lowest BCUT2D eigenvalue weighted by molar-refractivity contribution is 0.0953. The number of hydrogen-bond acceptors (Lipinski definition) is 7. The highest BCUT2D eigenvalue weighted by Crippen LogP contribution is 2.32. The minimum Gasteiger partial charge on any atom is -0.376 e. The average Bonchev–Trinajstić information content (AvgIpc) is 3.55. The number of hydrogen-bond donors (Lipinski definition) is 0. The third-order valence-electron chi connectivity index (χ3n) is 5.28. The molecule has 0 N–H and O–H groups in total. The van der Waals surface area contributed by atoms with E-state index in [0.29, 0.717) is 10.9 Å². The van der Waals surface area contributed by atoms with E-state index in [1.54, 1.807) is 34.9 Å². The summed E-state index contributed by atoms with van der Waals surface area (Å²) in [5, 5.41) is 13.6. The SMILES string of the molecule is CSc1ccc2cc(CSc3nnc(-c4cccs4)n3CC3CCCO3)c(Cl)nc2c1. The van der Waals surface area contributed by atoms with E-state index in [0.717, 1.165) is 58.3 Å². The fourth-order valence-corrected chi connectivity index (χ4v) is 6.04. The fraction of sp³-hybridized carbons (Fsp3) is 0.318. The van der Waals surface area contributed by atoms with Crippen molar-refractivity contribution in [2.24, 2.45) is 0 Å². The molecule has 1 saturated heterocycles. The van der Waals surface area contributed by atoms with Gasteiger partial charge < -0.3 is 4.74 Å². The highest BCUT2D eigenvalue weighted by molar-refractivity contribution is 7.98. The highest BCUT2D eigenvalue weighted by Gasteiger charge is 2.22. The zero-order valence-electron chi connectivity index (χ0n) is 17.0. The van der Waals surface area contributed by atoms with Crippen molar-refractivity contribution in [2.75, 3.05) is 12.9 Å². The number of fused-ring (bicyclic) bond motifs is 1. The number of thiophene rings is 1. The number of aromatic nitrogens is 4. The minimum atomic E-state index is 0.214. The summed E-state index contributed by atoms with van der Waals surface area (Å²) in [5.74, 6) is 1.58. The van der Waals surface area contributed by atoms with Crippen LogP contribution in [0.1, 0.15) is 18.4 Å². The monoisotopic (exact) mass is 488 g/mol. The molecule has 0 saturated carbocycles. The van der Waals surface area contributed by atoms with E-state index < -0.39 is 0 Å². The Kier molecular flexibility index (Phi) is 6.52. The molecule has 0 spiro atoms. The average molecular weight is 489 g/mol. The van der Waals surface area contributed by atoms with Crippen molar-refractivity contribution in [3.63, 3.8) is 0 Å². The summed E-state index contributed by atoms with van der Waals surface area (Å²) in [4.78, 5) is 6.93. The van der Waals surface area contributed by atoms with Crippen molar-refractivity contribution < 1.29 is 4.74 Å². The van der Waals surface area contributed by atoms with Crippen LogP contribution in [0.15, 0.2) is 51.8 Å². The molecule has 1 aliphatic heterocycles. The van der Waals surface area contributed by atoms with Gasteiger partial charge in [-0.2, -0.15) is 0 Å². The molecule has 1 atom stereocenters. The standard InChI is InChI=1S/C22H21ClN4OS3/c1-29-17-7-6-14-10-15(20(23)24-18(14)11-17)13-31-22-26-25-21(19-5-3-9-30-19)27(22)12-16-4-2-8-28-16/h3,5-7,9-11,16H,2,4,8,12-13H2,1H3. The Hall–Kier alpha value is -1.58. The van der Waals surface area contributed by atoms with Crippen LogP contribution in [0.5, 0.6) is 0 Å². The Labute approximate surface area is 198 Å². The lowest BCUT2D eigenvalue weighted by atomic mass is 10.2. The molecule has 0 radical (unpaired) electrons. The Morgan fingerprint density at radius 1 is 1.26 bits per heavy atom. The molecule has 5 nitrogen and oxygen atoms in total. The lowest BCUT2D eigenvalue weighted by Gasteiger charge is -2.14. The maximum atomic E-state index is 6.54. The predicted molar refractivity (Wildman–Crippen MR) is 130 cm³/mol. The third-order valence-corrected chi connectivity index (χ3v) is 8.21. The predicted octanol–water partition coefficient (Wildman–Crippen LogP) is 6.40. The number of thioether (sulfide) groups is 2.